The Morgan fingerprint density at radius 3 is 2.63 bits per heavy atom. The Bertz CT molecular complexity index is 468. The molecule has 1 atom stereocenters. The van der Waals surface area contributed by atoms with E-state index in [2.05, 4.69) is 24.3 Å². The largest absolute Gasteiger partial charge is 0.339 e. The molecule has 0 heterocycles. The predicted octanol–water partition coefficient (Wildman–Crippen LogP) is 1.99. The van der Waals surface area contributed by atoms with E-state index in [0.29, 0.717) is 6.54 Å². The highest BCUT2D eigenvalue weighted by Gasteiger charge is 2.32. The Balaban J connectivity index is 2.11. The molecule has 1 aromatic carbocycles. The Morgan fingerprint density at radius 1 is 1.37 bits per heavy atom. The minimum absolute atomic E-state index is 0.103. The molecular weight excluding hydrogens is 236 g/mol. The number of carbonyl (C=O) groups is 1. The lowest BCUT2D eigenvalue weighted by Gasteiger charge is -2.38. The molecule has 0 aromatic heterocycles. The molecule has 2 rings (SSSR count). The topological polar surface area (TPSA) is 46.3 Å². The summed E-state index contributed by atoms with van der Waals surface area (Å²) in [6.07, 6.45) is 2.81. The number of hydrogen-bond acceptors (Lipinski definition) is 2. The number of aryl methyl sites for hydroxylation is 1. The van der Waals surface area contributed by atoms with E-state index in [-0.39, 0.29) is 17.4 Å². The number of rotatable bonds is 3. The second kappa shape index (κ2) is 5.33. The van der Waals surface area contributed by atoms with Gasteiger partial charge in [0.2, 0.25) is 5.91 Å². The van der Waals surface area contributed by atoms with Gasteiger partial charge in [-0.1, -0.05) is 24.3 Å². The maximum atomic E-state index is 12.6. The molecule has 0 saturated heterocycles. The zero-order chi connectivity index (χ0) is 14.0. The summed E-state index contributed by atoms with van der Waals surface area (Å²) in [5.74, 6) is 0.329. The molecule has 104 valence electrons. The van der Waals surface area contributed by atoms with Gasteiger partial charge in [0, 0.05) is 25.0 Å². The van der Waals surface area contributed by atoms with Crippen molar-refractivity contribution in [3.05, 3.63) is 35.4 Å². The van der Waals surface area contributed by atoms with Gasteiger partial charge >= 0.3 is 0 Å². The fourth-order valence-electron chi connectivity index (χ4n) is 2.62. The van der Waals surface area contributed by atoms with Gasteiger partial charge in [0.1, 0.15) is 0 Å². The van der Waals surface area contributed by atoms with Gasteiger partial charge in [0.15, 0.2) is 0 Å². The minimum atomic E-state index is -0.270. The van der Waals surface area contributed by atoms with Crippen molar-refractivity contribution in [3.63, 3.8) is 0 Å². The number of hydrogen-bond donors (Lipinski definition) is 1. The zero-order valence-corrected chi connectivity index (χ0v) is 12.1. The second-order valence-electron chi connectivity index (χ2n) is 6.12. The van der Waals surface area contributed by atoms with Crippen LogP contribution in [-0.4, -0.2) is 29.9 Å². The van der Waals surface area contributed by atoms with E-state index < -0.39 is 0 Å². The van der Waals surface area contributed by atoms with Crippen LogP contribution in [0.1, 0.15) is 31.4 Å². The first kappa shape index (κ1) is 14.1. The fourth-order valence-corrected chi connectivity index (χ4v) is 2.62. The first-order valence-corrected chi connectivity index (χ1v) is 7.00. The Morgan fingerprint density at radius 2 is 2.00 bits per heavy atom. The standard InChI is InChI=1S/C16H24N2O/c1-16(2,11-17)18(3)15(19)14-9-8-12-6-4-5-7-13(12)10-14/h4-7,14H,8-11,17H2,1-3H3. The van der Waals surface area contributed by atoms with Crippen LogP contribution in [0.15, 0.2) is 24.3 Å². The average Bonchev–Trinajstić information content (AvgIpc) is 2.45. The third-order valence-electron chi connectivity index (χ3n) is 4.43. The number of nitrogens with zero attached hydrogens (tertiary/aromatic N) is 1. The van der Waals surface area contributed by atoms with Crippen LogP contribution in [0, 0.1) is 5.92 Å². The summed E-state index contributed by atoms with van der Waals surface area (Å²) in [5, 5.41) is 0. The maximum Gasteiger partial charge on any atom is 0.226 e. The molecule has 1 aliphatic carbocycles. The van der Waals surface area contributed by atoms with Gasteiger partial charge in [0.25, 0.3) is 0 Å². The van der Waals surface area contributed by atoms with Crippen LogP contribution in [-0.2, 0) is 17.6 Å². The molecular formula is C16H24N2O. The number of nitrogens with two attached hydrogens (primary N) is 1. The van der Waals surface area contributed by atoms with Crippen LogP contribution in [0.4, 0.5) is 0 Å². The fraction of sp³-hybridized carbons (Fsp3) is 0.562. The van der Waals surface area contributed by atoms with Crippen LogP contribution in [0.3, 0.4) is 0 Å². The van der Waals surface area contributed by atoms with Gasteiger partial charge in [-0.05, 0) is 44.2 Å². The van der Waals surface area contributed by atoms with Gasteiger partial charge in [-0.2, -0.15) is 0 Å². The monoisotopic (exact) mass is 260 g/mol. The van der Waals surface area contributed by atoms with Gasteiger partial charge in [-0.3, -0.25) is 4.79 Å². The summed E-state index contributed by atoms with van der Waals surface area (Å²) in [4.78, 5) is 14.4. The third kappa shape index (κ3) is 2.81. The Labute approximate surface area is 115 Å². The number of benzene rings is 1. The van der Waals surface area contributed by atoms with Gasteiger partial charge < -0.3 is 10.6 Å². The number of amides is 1. The lowest BCUT2D eigenvalue weighted by molar-refractivity contribution is -0.139. The zero-order valence-electron chi connectivity index (χ0n) is 12.1. The molecule has 0 spiro atoms. The highest BCUT2D eigenvalue weighted by Crippen LogP contribution is 2.28. The van der Waals surface area contributed by atoms with E-state index in [4.69, 9.17) is 5.73 Å². The lowest BCUT2D eigenvalue weighted by atomic mass is 9.82. The van der Waals surface area contributed by atoms with Gasteiger partial charge in [-0.15, -0.1) is 0 Å². The summed E-state index contributed by atoms with van der Waals surface area (Å²) in [6, 6.07) is 8.44. The van der Waals surface area contributed by atoms with E-state index in [1.807, 2.05) is 25.8 Å². The van der Waals surface area contributed by atoms with Crippen LogP contribution >= 0.6 is 0 Å². The number of likely N-dealkylation sites (N-methyl/N-ethyl adjacent to an activating group) is 1. The van der Waals surface area contributed by atoms with E-state index in [0.717, 1.165) is 19.3 Å². The predicted molar refractivity (Wildman–Crippen MR) is 77.9 cm³/mol. The van der Waals surface area contributed by atoms with Crippen LogP contribution in [0.5, 0.6) is 0 Å². The van der Waals surface area contributed by atoms with Crippen molar-refractivity contribution in [1.29, 1.82) is 0 Å². The van der Waals surface area contributed by atoms with Crippen LogP contribution in [0.25, 0.3) is 0 Å². The van der Waals surface area contributed by atoms with E-state index in [1.54, 1.807) is 0 Å². The summed E-state index contributed by atoms with van der Waals surface area (Å²) in [6.45, 7) is 4.52. The summed E-state index contributed by atoms with van der Waals surface area (Å²) >= 11 is 0. The van der Waals surface area contributed by atoms with Gasteiger partial charge in [-0.25, -0.2) is 0 Å². The smallest absolute Gasteiger partial charge is 0.226 e. The summed E-state index contributed by atoms with van der Waals surface area (Å²) in [5.41, 5.74) is 8.21. The second-order valence-corrected chi connectivity index (χ2v) is 6.12. The molecule has 0 saturated carbocycles. The van der Waals surface area contributed by atoms with Crippen molar-refractivity contribution in [1.82, 2.24) is 4.90 Å². The molecule has 19 heavy (non-hydrogen) atoms. The Kier molecular flexibility index (Phi) is 3.95. The number of fused-ring (bicyclic) bond motifs is 1. The van der Waals surface area contributed by atoms with Crippen molar-refractivity contribution in [3.8, 4) is 0 Å². The van der Waals surface area contributed by atoms with Crippen molar-refractivity contribution < 1.29 is 4.79 Å². The van der Waals surface area contributed by atoms with Gasteiger partial charge in [0.05, 0.1) is 0 Å². The number of carbonyl (C=O) groups excluding carboxylic acids is 1. The maximum absolute atomic E-state index is 12.6. The van der Waals surface area contributed by atoms with Crippen LogP contribution in [0.2, 0.25) is 0 Å². The van der Waals surface area contributed by atoms with Crippen molar-refractivity contribution >= 4 is 5.91 Å². The highest BCUT2D eigenvalue weighted by atomic mass is 16.2. The molecule has 3 heteroatoms. The molecule has 0 aliphatic heterocycles. The van der Waals surface area contributed by atoms with Crippen molar-refractivity contribution in [2.24, 2.45) is 11.7 Å². The quantitative estimate of drug-likeness (QED) is 0.903. The molecule has 0 fully saturated rings. The first-order chi connectivity index (χ1) is 8.95. The average molecular weight is 260 g/mol. The molecule has 3 nitrogen and oxygen atoms in total. The van der Waals surface area contributed by atoms with E-state index in [1.165, 1.54) is 11.1 Å². The third-order valence-corrected chi connectivity index (χ3v) is 4.43. The van der Waals surface area contributed by atoms with Crippen molar-refractivity contribution in [2.45, 2.75) is 38.6 Å². The molecule has 0 bridgehead atoms. The van der Waals surface area contributed by atoms with E-state index in [9.17, 15) is 4.79 Å². The molecule has 0 radical (unpaired) electrons. The molecule has 1 aromatic rings. The van der Waals surface area contributed by atoms with E-state index >= 15 is 0 Å². The molecule has 2 N–H and O–H groups in total. The minimum Gasteiger partial charge on any atom is -0.339 e. The highest BCUT2D eigenvalue weighted by molar-refractivity contribution is 5.80. The van der Waals surface area contributed by atoms with Crippen LogP contribution < -0.4 is 5.73 Å². The summed E-state index contributed by atoms with van der Waals surface area (Å²) in [7, 11) is 1.87. The normalized spacial score (nSPS) is 18.8. The SMILES string of the molecule is CN(C(=O)C1CCc2ccccc2C1)C(C)(C)CN. The summed E-state index contributed by atoms with van der Waals surface area (Å²) < 4.78 is 0. The molecule has 1 aliphatic rings. The van der Waals surface area contributed by atoms with Crippen molar-refractivity contribution in [2.75, 3.05) is 13.6 Å². The molecule has 1 amide bonds. The molecule has 1 unspecified atom stereocenters. The lowest BCUT2D eigenvalue weighted by Crippen LogP contribution is -2.52. The first-order valence-electron chi connectivity index (χ1n) is 7.00. The Hall–Kier alpha value is -1.35.